The smallest absolute Gasteiger partial charge is 0.194 e. The van der Waals surface area contributed by atoms with Gasteiger partial charge in [0.2, 0.25) is 0 Å². The van der Waals surface area contributed by atoms with E-state index < -0.39 is 15.2 Å². The minimum Gasteiger partial charge on any atom is -0.497 e. The monoisotopic (exact) mass is 382 g/mol. The zero-order valence-electron chi connectivity index (χ0n) is 15.1. The molecule has 0 radical (unpaired) electrons. The van der Waals surface area contributed by atoms with Crippen molar-refractivity contribution in [3.63, 3.8) is 0 Å². The van der Waals surface area contributed by atoms with Crippen LogP contribution < -0.4 is 15.0 Å². The molecule has 2 aromatic carbocycles. The van der Waals surface area contributed by atoms with Gasteiger partial charge in [-0.15, -0.1) is 0 Å². The highest BCUT2D eigenvalue weighted by Gasteiger charge is 2.32. The Balaban J connectivity index is 1.80. The summed E-state index contributed by atoms with van der Waals surface area (Å²) in [6.07, 6.45) is 1.40. The van der Waals surface area contributed by atoms with Crippen LogP contribution in [0.3, 0.4) is 0 Å². The van der Waals surface area contributed by atoms with Gasteiger partial charge in [0.15, 0.2) is 9.84 Å². The van der Waals surface area contributed by atoms with Crippen LogP contribution in [0.5, 0.6) is 5.75 Å². The van der Waals surface area contributed by atoms with Crippen molar-refractivity contribution in [1.82, 2.24) is 5.32 Å². The van der Waals surface area contributed by atoms with Gasteiger partial charge in [0.1, 0.15) is 11.1 Å². The number of nitrogens with one attached hydrogen (secondary N) is 1. The maximum absolute atomic E-state index is 12.9. The second kappa shape index (κ2) is 8.76. The number of ether oxygens (including phenoxy) is 1. The molecule has 0 saturated carbocycles. The molecule has 140 valence electrons. The van der Waals surface area contributed by atoms with Crippen molar-refractivity contribution in [1.29, 1.82) is 0 Å². The molecule has 1 aliphatic heterocycles. The van der Waals surface area contributed by atoms with Crippen molar-refractivity contribution < 1.29 is 13.2 Å². The molecule has 1 unspecified atom stereocenters. The summed E-state index contributed by atoms with van der Waals surface area (Å²) in [6.45, 7) is 1.68. The lowest BCUT2D eigenvalue weighted by atomic mass is 10.2. The predicted octanol–water partition coefficient (Wildman–Crippen LogP) is 2.41. The third kappa shape index (κ3) is 4.91. The van der Waals surface area contributed by atoms with Crippen molar-refractivity contribution >= 4 is 15.5 Å². The topological polar surface area (TPSA) is 58.6 Å². The zero-order valence-corrected chi connectivity index (χ0v) is 15.9. The molecule has 1 fully saturated rings. The van der Waals surface area contributed by atoms with Crippen LogP contribution in [0.15, 0.2) is 66.1 Å². The van der Waals surface area contributed by atoms with Crippen molar-refractivity contribution in [3.05, 3.63) is 71.6 Å². The summed E-state index contributed by atoms with van der Waals surface area (Å²) in [4.78, 5) is 1.89. The van der Waals surface area contributed by atoms with Gasteiger partial charge in [-0.3, -0.25) is 0 Å². The van der Waals surface area contributed by atoms with E-state index >= 15 is 0 Å². The van der Waals surface area contributed by atoms with E-state index in [-0.39, 0.29) is 0 Å². The normalized spacial score (nSPS) is 17.4. The minimum atomic E-state index is -3.52. The van der Waals surface area contributed by atoms with E-state index in [1.807, 2.05) is 59.5 Å². The van der Waals surface area contributed by atoms with Gasteiger partial charge >= 0.3 is 0 Å². The highest BCUT2D eigenvalue weighted by Crippen LogP contribution is 2.25. The SMILES string of the molecule is COc1cccc(N2CCNCC2S(=O)(=O)/C=C/C#Cc2ccccc2)c1. The first-order chi connectivity index (χ1) is 13.1. The van der Waals surface area contributed by atoms with Crippen LogP contribution >= 0.6 is 0 Å². The molecule has 0 bridgehead atoms. The average Bonchev–Trinajstić information content (AvgIpc) is 2.72. The summed E-state index contributed by atoms with van der Waals surface area (Å²) in [7, 11) is -1.92. The van der Waals surface area contributed by atoms with E-state index in [2.05, 4.69) is 17.2 Å². The number of benzene rings is 2. The van der Waals surface area contributed by atoms with Crippen molar-refractivity contribution in [2.45, 2.75) is 5.37 Å². The number of hydrogen-bond donors (Lipinski definition) is 1. The zero-order chi connectivity index (χ0) is 19.1. The molecule has 1 aliphatic rings. The van der Waals surface area contributed by atoms with E-state index in [4.69, 9.17) is 4.74 Å². The third-order valence-corrected chi connectivity index (χ3v) is 5.99. The van der Waals surface area contributed by atoms with Crippen molar-refractivity contribution in [3.8, 4) is 17.6 Å². The van der Waals surface area contributed by atoms with E-state index in [1.54, 1.807) is 7.11 Å². The Bertz CT molecular complexity index is 960. The molecule has 1 heterocycles. The van der Waals surface area contributed by atoms with Gasteiger partial charge in [0.05, 0.1) is 7.11 Å². The molecule has 27 heavy (non-hydrogen) atoms. The highest BCUT2D eigenvalue weighted by molar-refractivity contribution is 7.95. The highest BCUT2D eigenvalue weighted by atomic mass is 32.2. The first-order valence-electron chi connectivity index (χ1n) is 8.68. The van der Waals surface area contributed by atoms with Gasteiger partial charge in [-0.25, -0.2) is 8.42 Å². The lowest BCUT2D eigenvalue weighted by Crippen LogP contribution is -2.54. The summed E-state index contributed by atoms with van der Waals surface area (Å²) in [5.41, 5.74) is 1.67. The number of rotatable bonds is 4. The predicted molar refractivity (Wildman–Crippen MR) is 108 cm³/mol. The lowest BCUT2D eigenvalue weighted by molar-refractivity contribution is 0.414. The van der Waals surface area contributed by atoms with Gasteiger partial charge in [0, 0.05) is 42.4 Å². The van der Waals surface area contributed by atoms with E-state index in [0.717, 1.165) is 17.8 Å². The molecule has 0 spiro atoms. The molecule has 5 nitrogen and oxygen atoms in total. The molecule has 0 aliphatic carbocycles. The van der Waals surface area contributed by atoms with Gasteiger partial charge in [-0.1, -0.05) is 36.1 Å². The van der Waals surface area contributed by atoms with Gasteiger partial charge in [-0.2, -0.15) is 0 Å². The quantitative estimate of drug-likeness (QED) is 0.823. The Labute approximate surface area is 160 Å². The number of piperazine rings is 1. The second-order valence-electron chi connectivity index (χ2n) is 6.08. The van der Waals surface area contributed by atoms with Crippen LogP contribution in [0.4, 0.5) is 5.69 Å². The fraction of sp³-hybridized carbons (Fsp3) is 0.238. The standard InChI is InChI=1S/C21H22N2O3S/c1-26-20-12-7-11-19(16-20)23-14-13-22-17-21(23)27(24,25)15-6-5-10-18-8-3-2-4-9-18/h2-4,6-9,11-12,15-16,21-22H,13-14,17H2,1H3/b15-6+. The molecule has 1 N–H and O–H groups in total. The first kappa shape index (κ1) is 19.0. The van der Waals surface area contributed by atoms with E-state index in [1.165, 1.54) is 11.5 Å². The van der Waals surface area contributed by atoms with Gasteiger partial charge in [-0.05, 0) is 30.3 Å². The summed E-state index contributed by atoms with van der Waals surface area (Å²) < 4.78 is 31.0. The molecule has 6 heteroatoms. The number of hydrogen-bond acceptors (Lipinski definition) is 5. The van der Waals surface area contributed by atoms with Crippen LogP contribution in [0.25, 0.3) is 0 Å². The first-order valence-corrected chi connectivity index (χ1v) is 10.3. The Hall–Kier alpha value is -2.75. The van der Waals surface area contributed by atoms with Crippen molar-refractivity contribution in [2.24, 2.45) is 0 Å². The number of anilines is 1. The van der Waals surface area contributed by atoms with Gasteiger partial charge in [0.25, 0.3) is 0 Å². The summed E-state index contributed by atoms with van der Waals surface area (Å²) in [6, 6.07) is 16.9. The molecule has 0 amide bonds. The van der Waals surface area contributed by atoms with Gasteiger partial charge < -0.3 is 15.0 Å². The van der Waals surface area contributed by atoms with Crippen LogP contribution in [-0.4, -0.2) is 40.5 Å². The molecule has 0 aromatic heterocycles. The Morgan fingerprint density at radius 1 is 1.19 bits per heavy atom. The number of nitrogens with zero attached hydrogens (tertiary/aromatic N) is 1. The fourth-order valence-electron chi connectivity index (χ4n) is 2.92. The largest absolute Gasteiger partial charge is 0.497 e. The Morgan fingerprint density at radius 2 is 2.00 bits per heavy atom. The van der Waals surface area contributed by atoms with Crippen LogP contribution in [0.1, 0.15) is 5.56 Å². The molecule has 2 aromatic rings. The van der Waals surface area contributed by atoms with Crippen LogP contribution in [-0.2, 0) is 9.84 Å². The maximum atomic E-state index is 12.9. The average molecular weight is 382 g/mol. The number of methoxy groups -OCH3 is 1. The summed E-state index contributed by atoms with van der Waals surface area (Å²) in [5.74, 6) is 6.43. The Morgan fingerprint density at radius 3 is 2.78 bits per heavy atom. The third-order valence-electron chi connectivity index (χ3n) is 4.29. The lowest BCUT2D eigenvalue weighted by Gasteiger charge is -2.36. The molecular formula is C21H22N2O3S. The number of allylic oxidation sites excluding steroid dienone is 1. The molecule has 1 saturated heterocycles. The van der Waals surface area contributed by atoms with Crippen LogP contribution in [0.2, 0.25) is 0 Å². The molecular weight excluding hydrogens is 360 g/mol. The number of sulfone groups is 1. The maximum Gasteiger partial charge on any atom is 0.194 e. The van der Waals surface area contributed by atoms with Crippen LogP contribution in [0, 0.1) is 11.8 Å². The Kier molecular flexibility index (Phi) is 6.17. The minimum absolute atomic E-state index is 0.357. The van der Waals surface area contributed by atoms with E-state index in [0.29, 0.717) is 18.8 Å². The molecule has 1 atom stereocenters. The molecule has 3 rings (SSSR count). The second-order valence-corrected chi connectivity index (χ2v) is 8.08. The summed E-state index contributed by atoms with van der Waals surface area (Å²) >= 11 is 0. The van der Waals surface area contributed by atoms with E-state index in [9.17, 15) is 8.42 Å². The van der Waals surface area contributed by atoms with Crippen molar-refractivity contribution in [2.75, 3.05) is 31.6 Å². The summed E-state index contributed by atoms with van der Waals surface area (Å²) in [5, 5.41) is 3.68. The fourth-order valence-corrected chi connectivity index (χ4v) is 4.29.